The molecule has 2 aromatic carbocycles. The van der Waals surface area contributed by atoms with Crippen LogP contribution in [0.1, 0.15) is 23.1 Å². The molecular formula is C18H16N4O. The number of aryl methyl sites for hydroxylation is 1. The lowest BCUT2D eigenvalue weighted by molar-refractivity contribution is -0.171. The highest BCUT2D eigenvalue weighted by Gasteiger charge is 2.46. The van der Waals surface area contributed by atoms with E-state index in [0.717, 1.165) is 29.5 Å². The first kappa shape index (κ1) is 13.8. The van der Waals surface area contributed by atoms with E-state index >= 15 is 0 Å². The number of hydrogen-bond acceptors (Lipinski definition) is 5. The maximum atomic E-state index is 9.08. The molecule has 2 aromatic rings. The van der Waals surface area contributed by atoms with Crippen LogP contribution in [-0.4, -0.2) is 18.1 Å². The predicted molar refractivity (Wildman–Crippen MR) is 87.1 cm³/mol. The van der Waals surface area contributed by atoms with Crippen molar-refractivity contribution in [3.8, 4) is 17.2 Å². The summed E-state index contributed by atoms with van der Waals surface area (Å²) in [5, 5.41) is 10.6. The van der Waals surface area contributed by atoms with Gasteiger partial charge in [-0.3, -0.25) is 0 Å². The van der Waals surface area contributed by atoms with Crippen LogP contribution in [0.4, 0.5) is 0 Å². The lowest BCUT2D eigenvalue weighted by Gasteiger charge is -2.22. The third kappa shape index (κ3) is 2.07. The Kier molecular flexibility index (Phi) is 2.90. The van der Waals surface area contributed by atoms with Crippen LogP contribution in [0.2, 0.25) is 0 Å². The monoisotopic (exact) mass is 304 g/mol. The van der Waals surface area contributed by atoms with E-state index in [1.807, 2.05) is 18.2 Å². The summed E-state index contributed by atoms with van der Waals surface area (Å²) in [7, 11) is 1.77. The van der Waals surface area contributed by atoms with E-state index in [1.165, 1.54) is 10.6 Å². The van der Waals surface area contributed by atoms with Gasteiger partial charge in [0.2, 0.25) is 11.7 Å². The molecule has 0 saturated heterocycles. The Bertz CT molecular complexity index is 868. The van der Waals surface area contributed by atoms with Crippen molar-refractivity contribution in [2.45, 2.75) is 18.6 Å². The van der Waals surface area contributed by atoms with Crippen molar-refractivity contribution in [1.29, 1.82) is 5.26 Å². The smallest absolute Gasteiger partial charge is 0.218 e. The zero-order valence-corrected chi connectivity index (χ0v) is 12.8. The van der Waals surface area contributed by atoms with Crippen molar-refractivity contribution in [3.05, 3.63) is 59.2 Å². The minimum Gasteiger partial charge on any atom is -0.368 e. The number of benzene rings is 2. The summed E-state index contributed by atoms with van der Waals surface area (Å²) in [5.74, 6) is 0.398. The number of nitrogens with two attached hydrogens (primary N) is 1. The molecule has 4 rings (SSSR count). The molecule has 0 bridgehead atoms. The SMILES string of the molecule is CN1OC2(CCc3ccc(-c4cccc(C#N)c4)cc32)N=C1N. The van der Waals surface area contributed by atoms with Gasteiger partial charge in [0.15, 0.2) is 0 Å². The summed E-state index contributed by atoms with van der Waals surface area (Å²) >= 11 is 0. The molecule has 23 heavy (non-hydrogen) atoms. The van der Waals surface area contributed by atoms with E-state index in [0.29, 0.717) is 11.5 Å². The molecule has 0 amide bonds. The number of nitrogens with zero attached hydrogens (tertiary/aromatic N) is 3. The van der Waals surface area contributed by atoms with E-state index in [2.05, 4.69) is 29.3 Å². The van der Waals surface area contributed by atoms with Crippen molar-refractivity contribution in [3.63, 3.8) is 0 Å². The summed E-state index contributed by atoms with van der Waals surface area (Å²) in [6.45, 7) is 0. The molecular weight excluding hydrogens is 288 g/mol. The van der Waals surface area contributed by atoms with Crippen molar-refractivity contribution in [2.75, 3.05) is 7.05 Å². The first-order valence-corrected chi connectivity index (χ1v) is 7.53. The molecule has 1 atom stereocenters. The van der Waals surface area contributed by atoms with Crippen LogP contribution < -0.4 is 5.73 Å². The predicted octanol–water partition coefficient (Wildman–Crippen LogP) is 2.52. The molecule has 1 unspecified atom stereocenters. The van der Waals surface area contributed by atoms with Crippen molar-refractivity contribution >= 4 is 5.96 Å². The molecule has 0 aromatic heterocycles. The summed E-state index contributed by atoms with van der Waals surface area (Å²) in [6, 6.07) is 16.1. The first-order chi connectivity index (χ1) is 11.1. The maximum absolute atomic E-state index is 9.08. The lowest BCUT2D eigenvalue weighted by Crippen LogP contribution is -2.30. The Morgan fingerprint density at radius 3 is 2.83 bits per heavy atom. The Labute approximate surface area is 134 Å². The van der Waals surface area contributed by atoms with Gasteiger partial charge in [0.05, 0.1) is 11.6 Å². The number of aliphatic imine (C=N–C) groups is 1. The van der Waals surface area contributed by atoms with Crippen molar-refractivity contribution in [1.82, 2.24) is 5.06 Å². The van der Waals surface area contributed by atoms with E-state index in [1.54, 1.807) is 13.1 Å². The Balaban J connectivity index is 1.81. The number of hydrogen-bond donors (Lipinski definition) is 1. The first-order valence-electron chi connectivity index (χ1n) is 7.53. The fourth-order valence-corrected chi connectivity index (χ4v) is 3.30. The van der Waals surface area contributed by atoms with Gasteiger partial charge in [-0.2, -0.15) is 5.26 Å². The van der Waals surface area contributed by atoms with Gasteiger partial charge in [-0.25, -0.2) is 14.9 Å². The van der Waals surface area contributed by atoms with Crippen LogP contribution in [0.3, 0.4) is 0 Å². The highest BCUT2D eigenvalue weighted by molar-refractivity contribution is 5.79. The molecule has 2 N–H and O–H groups in total. The molecule has 5 heteroatoms. The maximum Gasteiger partial charge on any atom is 0.218 e. The minimum absolute atomic E-state index is 0.398. The Morgan fingerprint density at radius 1 is 1.26 bits per heavy atom. The molecule has 0 saturated carbocycles. The Morgan fingerprint density at radius 2 is 2.09 bits per heavy atom. The highest BCUT2D eigenvalue weighted by atomic mass is 16.7. The van der Waals surface area contributed by atoms with Crippen LogP contribution in [0.5, 0.6) is 0 Å². The van der Waals surface area contributed by atoms with Gasteiger partial charge >= 0.3 is 0 Å². The quantitative estimate of drug-likeness (QED) is 0.878. The van der Waals surface area contributed by atoms with Crippen molar-refractivity contribution in [2.24, 2.45) is 10.7 Å². The standard InChI is InChI=1S/C18H16N4O/c1-22-17(20)21-18(23-22)8-7-13-5-6-15(10-16(13)18)14-4-2-3-12(9-14)11-19/h2-6,9-10H,7-8H2,1H3,(H2,20,21). The van der Waals surface area contributed by atoms with Crippen LogP contribution in [-0.2, 0) is 17.0 Å². The van der Waals surface area contributed by atoms with E-state index in [-0.39, 0.29) is 0 Å². The summed E-state index contributed by atoms with van der Waals surface area (Å²) in [4.78, 5) is 10.5. The molecule has 1 aliphatic heterocycles. The molecule has 5 nitrogen and oxygen atoms in total. The second-order valence-corrected chi connectivity index (χ2v) is 5.91. The number of hydroxylamine groups is 2. The van der Waals surface area contributed by atoms with E-state index in [9.17, 15) is 0 Å². The fourth-order valence-electron chi connectivity index (χ4n) is 3.30. The number of rotatable bonds is 1. The zero-order chi connectivity index (χ0) is 16.0. The van der Waals surface area contributed by atoms with Gasteiger partial charge in [0.25, 0.3) is 0 Å². The van der Waals surface area contributed by atoms with Crippen molar-refractivity contribution < 1.29 is 4.84 Å². The van der Waals surface area contributed by atoms with E-state index < -0.39 is 5.72 Å². The molecule has 1 heterocycles. The summed E-state index contributed by atoms with van der Waals surface area (Å²) in [6.07, 6.45) is 1.70. The van der Waals surface area contributed by atoms with Gasteiger partial charge in [0, 0.05) is 19.0 Å². The second-order valence-electron chi connectivity index (χ2n) is 5.91. The van der Waals surface area contributed by atoms with Gasteiger partial charge < -0.3 is 5.73 Å². The third-order valence-electron chi connectivity index (χ3n) is 4.49. The van der Waals surface area contributed by atoms with E-state index in [4.69, 9.17) is 15.8 Å². The number of guanidine groups is 1. The van der Waals surface area contributed by atoms with Gasteiger partial charge in [-0.05, 0) is 41.3 Å². The largest absolute Gasteiger partial charge is 0.368 e. The van der Waals surface area contributed by atoms with Gasteiger partial charge in [-0.1, -0.05) is 24.3 Å². The van der Waals surface area contributed by atoms with Crippen LogP contribution in [0, 0.1) is 11.3 Å². The Hall–Kier alpha value is -2.84. The molecule has 114 valence electrons. The molecule has 1 aliphatic carbocycles. The fraction of sp³-hybridized carbons (Fsp3) is 0.222. The lowest BCUT2D eigenvalue weighted by atomic mass is 9.97. The molecule has 0 radical (unpaired) electrons. The topological polar surface area (TPSA) is 74.6 Å². The zero-order valence-electron chi connectivity index (χ0n) is 12.8. The summed E-state index contributed by atoms with van der Waals surface area (Å²) in [5.41, 5.74) is 10.2. The minimum atomic E-state index is -0.697. The van der Waals surface area contributed by atoms with Crippen LogP contribution in [0.15, 0.2) is 47.5 Å². The molecule has 1 spiro atoms. The van der Waals surface area contributed by atoms with Crippen LogP contribution >= 0.6 is 0 Å². The number of nitriles is 1. The summed E-state index contributed by atoms with van der Waals surface area (Å²) < 4.78 is 0. The number of fused-ring (bicyclic) bond motifs is 2. The third-order valence-corrected chi connectivity index (χ3v) is 4.49. The van der Waals surface area contributed by atoms with Crippen LogP contribution in [0.25, 0.3) is 11.1 Å². The molecule has 0 fully saturated rings. The average Bonchev–Trinajstić information content (AvgIpc) is 3.07. The van der Waals surface area contributed by atoms with Gasteiger partial charge in [0.1, 0.15) is 0 Å². The highest BCUT2D eigenvalue weighted by Crippen LogP contribution is 2.45. The molecule has 2 aliphatic rings. The normalized spacial score (nSPS) is 22.1. The van der Waals surface area contributed by atoms with Gasteiger partial charge in [-0.15, -0.1) is 0 Å². The second kappa shape index (κ2) is 4.83. The average molecular weight is 304 g/mol.